The van der Waals surface area contributed by atoms with Crippen molar-refractivity contribution in [3.8, 4) is 0 Å². The number of carbonyl (C=O) groups is 1. The average Bonchev–Trinajstić information content (AvgIpc) is 3.12. The molecule has 1 aliphatic rings. The molecule has 158 valence electrons. The van der Waals surface area contributed by atoms with Crippen LogP contribution >= 0.6 is 0 Å². The first-order valence-electron chi connectivity index (χ1n) is 9.81. The minimum absolute atomic E-state index is 0.231. The van der Waals surface area contributed by atoms with Gasteiger partial charge in [0.1, 0.15) is 0 Å². The molecule has 0 saturated carbocycles. The first kappa shape index (κ1) is 20.1. The molecule has 1 N–H and O–H groups in total. The Hall–Kier alpha value is -3.23. The Morgan fingerprint density at radius 1 is 1.03 bits per heavy atom. The number of alkyl halides is 3. The van der Waals surface area contributed by atoms with Crippen LogP contribution in [0.3, 0.4) is 0 Å². The zero-order chi connectivity index (χ0) is 21.3. The van der Waals surface area contributed by atoms with Gasteiger partial charge in [0.05, 0.1) is 22.3 Å². The van der Waals surface area contributed by atoms with Gasteiger partial charge in [-0.05, 0) is 31.2 Å². The molecule has 0 atom stereocenters. The number of rotatable bonds is 3. The zero-order valence-electron chi connectivity index (χ0n) is 16.5. The predicted molar refractivity (Wildman–Crippen MR) is 110 cm³/mol. The average molecular weight is 417 g/mol. The van der Waals surface area contributed by atoms with Gasteiger partial charge in [0.15, 0.2) is 0 Å². The van der Waals surface area contributed by atoms with Crippen molar-refractivity contribution in [3.63, 3.8) is 0 Å². The summed E-state index contributed by atoms with van der Waals surface area (Å²) >= 11 is 0. The number of aromatic nitrogens is 2. The van der Waals surface area contributed by atoms with E-state index in [9.17, 15) is 18.0 Å². The zero-order valence-corrected chi connectivity index (χ0v) is 16.5. The molecule has 0 spiro atoms. The topological polar surface area (TPSA) is 53.4 Å². The van der Waals surface area contributed by atoms with E-state index in [1.54, 1.807) is 0 Å². The fraction of sp³-hybridized carbons (Fsp3) is 0.333. The van der Waals surface area contributed by atoms with Crippen molar-refractivity contribution >= 4 is 28.7 Å². The van der Waals surface area contributed by atoms with Gasteiger partial charge in [-0.1, -0.05) is 24.3 Å². The molecule has 0 bridgehead atoms. The van der Waals surface area contributed by atoms with E-state index >= 15 is 0 Å². The highest BCUT2D eigenvalue weighted by atomic mass is 19.4. The maximum atomic E-state index is 13.2. The van der Waals surface area contributed by atoms with Crippen molar-refractivity contribution in [2.75, 3.05) is 36.4 Å². The van der Waals surface area contributed by atoms with Crippen LogP contribution in [0.25, 0.3) is 11.0 Å². The fourth-order valence-corrected chi connectivity index (χ4v) is 3.76. The number of fused-ring (bicyclic) bond motifs is 1. The summed E-state index contributed by atoms with van der Waals surface area (Å²) in [7, 11) is 0. The summed E-state index contributed by atoms with van der Waals surface area (Å²) in [5.41, 5.74) is 0.885. The van der Waals surface area contributed by atoms with E-state index in [4.69, 9.17) is 4.98 Å². The molecule has 1 aromatic heterocycles. The number of aryl methyl sites for hydroxylation is 1. The van der Waals surface area contributed by atoms with Gasteiger partial charge in [-0.15, -0.1) is 0 Å². The van der Waals surface area contributed by atoms with Gasteiger partial charge in [-0.3, -0.25) is 0 Å². The van der Waals surface area contributed by atoms with Crippen LogP contribution in [-0.2, 0) is 12.7 Å². The molecule has 4 rings (SSSR count). The molecule has 2 amide bonds. The second-order valence-electron chi connectivity index (χ2n) is 7.09. The number of urea groups is 1. The number of carbonyl (C=O) groups excluding carboxylic acids is 1. The van der Waals surface area contributed by atoms with E-state index in [-0.39, 0.29) is 5.69 Å². The number of hydrogen-bond donors (Lipinski definition) is 1. The van der Waals surface area contributed by atoms with E-state index in [0.29, 0.717) is 26.2 Å². The number of nitrogens with one attached hydrogen (secondary N) is 1. The van der Waals surface area contributed by atoms with Crippen molar-refractivity contribution in [2.24, 2.45) is 0 Å². The van der Waals surface area contributed by atoms with Gasteiger partial charge in [-0.2, -0.15) is 13.2 Å². The minimum Gasteiger partial charge on any atom is -0.339 e. The number of halogens is 3. The molecule has 2 aromatic carbocycles. The number of amides is 2. The molecule has 1 saturated heterocycles. The van der Waals surface area contributed by atoms with Gasteiger partial charge in [0.2, 0.25) is 5.95 Å². The number of piperazine rings is 1. The number of para-hydroxylation sites is 3. The molecule has 3 aromatic rings. The Morgan fingerprint density at radius 3 is 2.40 bits per heavy atom. The molecular formula is C21H22F3N5O. The largest absolute Gasteiger partial charge is 0.418 e. The smallest absolute Gasteiger partial charge is 0.339 e. The lowest BCUT2D eigenvalue weighted by Crippen LogP contribution is -2.50. The Morgan fingerprint density at radius 2 is 1.70 bits per heavy atom. The second kappa shape index (κ2) is 7.89. The standard InChI is InChI=1S/C21H22F3N5O/c1-2-29-18-10-6-5-9-17(18)25-19(29)27-11-13-28(14-12-27)20(30)26-16-8-4-3-7-15(16)21(22,23)24/h3-10H,2,11-14H2,1H3,(H,26,30). The van der Waals surface area contributed by atoms with Gasteiger partial charge in [0.25, 0.3) is 0 Å². The van der Waals surface area contributed by atoms with Crippen molar-refractivity contribution < 1.29 is 18.0 Å². The highest BCUT2D eigenvalue weighted by Gasteiger charge is 2.34. The van der Waals surface area contributed by atoms with Crippen LogP contribution in [0.1, 0.15) is 12.5 Å². The number of nitrogens with zero attached hydrogens (tertiary/aromatic N) is 4. The molecule has 0 radical (unpaired) electrons. The number of anilines is 2. The van der Waals surface area contributed by atoms with Gasteiger partial charge < -0.3 is 19.7 Å². The van der Waals surface area contributed by atoms with Crippen molar-refractivity contribution in [1.29, 1.82) is 0 Å². The van der Waals surface area contributed by atoms with Crippen LogP contribution in [0.5, 0.6) is 0 Å². The summed E-state index contributed by atoms with van der Waals surface area (Å²) in [4.78, 5) is 20.9. The highest BCUT2D eigenvalue weighted by Crippen LogP contribution is 2.34. The molecule has 1 fully saturated rings. The summed E-state index contributed by atoms with van der Waals surface area (Å²) in [5, 5.41) is 2.41. The first-order valence-corrected chi connectivity index (χ1v) is 9.81. The summed E-state index contributed by atoms with van der Waals surface area (Å²) in [5.74, 6) is 0.848. The maximum absolute atomic E-state index is 13.2. The molecule has 0 aliphatic carbocycles. The van der Waals surface area contributed by atoms with Gasteiger partial charge >= 0.3 is 12.2 Å². The molecular weight excluding hydrogens is 395 g/mol. The third-order valence-electron chi connectivity index (χ3n) is 5.27. The number of imidazole rings is 1. The van der Waals surface area contributed by atoms with Crippen LogP contribution in [-0.4, -0.2) is 46.7 Å². The van der Waals surface area contributed by atoms with E-state index in [1.165, 1.54) is 23.1 Å². The Bertz CT molecular complexity index is 1050. The third kappa shape index (κ3) is 3.79. The summed E-state index contributed by atoms with van der Waals surface area (Å²) < 4.78 is 41.6. The fourth-order valence-electron chi connectivity index (χ4n) is 3.76. The molecule has 0 unspecified atom stereocenters. The van der Waals surface area contributed by atoms with Crippen molar-refractivity contribution in [1.82, 2.24) is 14.5 Å². The lowest BCUT2D eigenvalue weighted by molar-refractivity contribution is -0.136. The van der Waals surface area contributed by atoms with Crippen LogP contribution in [0.15, 0.2) is 48.5 Å². The Labute approximate surface area is 171 Å². The van der Waals surface area contributed by atoms with E-state index in [1.807, 2.05) is 24.3 Å². The van der Waals surface area contributed by atoms with E-state index in [2.05, 4.69) is 21.7 Å². The van der Waals surface area contributed by atoms with Crippen molar-refractivity contribution in [2.45, 2.75) is 19.6 Å². The Balaban J connectivity index is 1.45. The molecule has 1 aliphatic heterocycles. The van der Waals surface area contributed by atoms with Crippen LogP contribution in [0.2, 0.25) is 0 Å². The van der Waals surface area contributed by atoms with Gasteiger partial charge in [0, 0.05) is 32.7 Å². The quantitative estimate of drug-likeness (QED) is 0.686. The van der Waals surface area contributed by atoms with Gasteiger partial charge in [-0.25, -0.2) is 9.78 Å². The molecule has 30 heavy (non-hydrogen) atoms. The normalized spacial score (nSPS) is 14.9. The summed E-state index contributed by atoms with van der Waals surface area (Å²) in [6, 6.07) is 12.4. The first-order chi connectivity index (χ1) is 14.4. The molecule has 9 heteroatoms. The highest BCUT2D eigenvalue weighted by molar-refractivity contribution is 5.90. The minimum atomic E-state index is -4.53. The SMILES string of the molecule is CCn1c(N2CCN(C(=O)Nc3ccccc3C(F)(F)F)CC2)nc2ccccc21. The lowest BCUT2D eigenvalue weighted by atomic mass is 10.1. The maximum Gasteiger partial charge on any atom is 0.418 e. The third-order valence-corrected chi connectivity index (χ3v) is 5.27. The predicted octanol–water partition coefficient (Wildman–Crippen LogP) is 4.43. The van der Waals surface area contributed by atoms with Crippen LogP contribution in [0.4, 0.5) is 29.6 Å². The summed E-state index contributed by atoms with van der Waals surface area (Å²) in [6.07, 6.45) is -4.53. The number of benzene rings is 2. The van der Waals surface area contributed by atoms with Crippen LogP contribution < -0.4 is 10.2 Å². The molecule has 2 heterocycles. The molecule has 6 nitrogen and oxygen atoms in total. The van der Waals surface area contributed by atoms with Crippen LogP contribution in [0, 0.1) is 0 Å². The van der Waals surface area contributed by atoms with Crippen molar-refractivity contribution in [3.05, 3.63) is 54.1 Å². The second-order valence-corrected chi connectivity index (χ2v) is 7.09. The van der Waals surface area contributed by atoms with E-state index < -0.39 is 17.8 Å². The Kier molecular flexibility index (Phi) is 5.27. The van der Waals surface area contributed by atoms with E-state index in [0.717, 1.165) is 29.6 Å². The lowest BCUT2D eigenvalue weighted by Gasteiger charge is -2.35. The number of hydrogen-bond acceptors (Lipinski definition) is 3. The summed E-state index contributed by atoms with van der Waals surface area (Å²) in [6.45, 7) is 4.72. The monoisotopic (exact) mass is 417 g/mol.